The van der Waals surface area contributed by atoms with Crippen LogP contribution in [0.4, 0.5) is 5.69 Å². The van der Waals surface area contributed by atoms with Crippen LogP contribution in [0.25, 0.3) is 5.65 Å². The number of nitrogens with one attached hydrogen (secondary N) is 1. The molecule has 0 bridgehead atoms. The number of benzene rings is 1. The van der Waals surface area contributed by atoms with Gasteiger partial charge in [-0.1, -0.05) is 0 Å². The van der Waals surface area contributed by atoms with Crippen molar-refractivity contribution >= 4 is 11.3 Å². The van der Waals surface area contributed by atoms with Gasteiger partial charge in [0, 0.05) is 6.54 Å². The topological polar surface area (TPSA) is 82.8 Å². The van der Waals surface area contributed by atoms with E-state index in [1.54, 1.807) is 32.2 Å². The Labute approximate surface area is 139 Å². The molecule has 0 aliphatic rings. The van der Waals surface area contributed by atoms with Crippen LogP contribution in [0, 0.1) is 6.92 Å². The van der Waals surface area contributed by atoms with Crippen LogP contribution in [-0.4, -0.2) is 41.1 Å². The van der Waals surface area contributed by atoms with Crippen molar-refractivity contribution < 1.29 is 14.2 Å². The summed E-state index contributed by atoms with van der Waals surface area (Å²) in [6.45, 7) is 2.48. The molecule has 0 spiro atoms. The number of fused-ring (bicyclic) bond motifs is 1. The Balaban J connectivity index is 1.89. The molecule has 0 aliphatic heterocycles. The van der Waals surface area contributed by atoms with E-state index in [0.29, 0.717) is 29.4 Å². The number of nitrogens with zero attached hydrogens (tertiary/aromatic N) is 4. The Kier molecular flexibility index (Phi) is 4.37. The summed E-state index contributed by atoms with van der Waals surface area (Å²) < 4.78 is 17.7. The maximum Gasteiger partial charge on any atom is 0.203 e. The lowest BCUT2D eigenvalue weighted by Gasteiger charge is -2.15. The zero-order chi connectivity index (χ0) is 17.1. The van der Waals surface area contributed by atoms with Gasteiger partial charge in [-0.25, -0.2) is 0 Å². The largest absolute Gasteiger partial charge is 0.493 e. The average Bonchev–Trinajstić information content (AvgIpc) is 3.06. The van der Waals surface area contributed by atoms with E-state index in [4.69, 9.17) is 14.2 Å². The predicted molar refractivity (Wildman–Crippen MR) is 88.9 cm³/mol. The van der Waals surface area contributed by atoms with E-state index < -0.39 is 0 Å². The number of anilines is 1. The van der Waals surface area contributed by atoms with Crippen molar-refractivity contribution in [3.8, 4) is 17.2 Å². The first-order chi connectivity index (χ1) is 11.7. The van der Waals surface area contributed by atoms with Crippen molar-refractivity contribution in [3.05, 3.63) is 35.8 Å². The number of aromatic nitrogens is 4. The monoisotopic (exact) mass is 329 g/mol. The second-order valence-electron chi connectivity index (χ2n) is 5.19. The molecule has 0 saturated heterocycles. The Morgan fingerprint density at radius 1 is 1.04 bits per heavy atom. The molecule has 126 valence electrons. The van der Waals surface area contributed by atoms with Gasteiger partial charge in [0.25, 0.3) is 0 Å². The predicted octanol–water partition coefficient (Wildman–Crippen LogP) is 2.07. The minimum atomic E-state index is 0.558. The van der Waals surface area contributed by atoms with Gasteiger partial charge in [0.1, 0.15) is 6.33 Å². The highest BCUT2D eigenvalue weighted by molar-refractivity contribution is 5.66. The van der Waals surface area contributed by atoms with Gasteiger partial charge in [-0.2, -0.15) is 9.61 Å². The molecule has 0 fully saturated rings. The first-order valence-electron chi connectivity index (χ1n) is 7.36. The standard InChI is InChI=1S/C16H19N5O3/c1-10-5-12(16-19-18-9-21(16)20-10)17-8-11-6-13(22-2)15(24-4)14(7-11)23-3/h5-7,9,17H,8H2,1-4H3. The van der Waals surface area contributed by atoms with Crippen LogP contribution in [0.15, 0.2) is 24.5 Å². The van der Waals surface area contributed by atoms with Crippen molar-refractivity contribution in [1.82, 2.24) is 19.8 Å². The first-order valence-corrected chi connectivity index (χ1v) is 7.36. The average molecular weight is 329 g/mol. The highest BCUT2D eigenvalue weighted by Crippen LogP contribution is 2.38. The van der Waals surface area contributed by atoms with E-state index in [9.17, 15) is 0 Å². The molecule has 8 nitrogen and oxygen atoms in total. The molecule has 0 atom stereocenters. The van der Waals surface area contributed by atoms with Crippen LogP contribution in [-0.2, 0) is 6.54 Å². The van der Waals surface area contributed by atoms with Crippen LogP contribution in [0.1, 0.15) is 11.3 Å². The van der Waals surface area contributed by atoms with Gasteiger partial charge in [0.15, 0.2) is 11.5 Å². The summed E-state index contributed by atoms with van der Waals surface area (Å²) in [6, 6.07) is 5.74. The molecule has 0 saturated carbocycles. The van der Waals surface area contributed by atoms with E-state index in [-0.39, 0.29) is 0 Å². The fourth-order valence-electron chi connectivity index (χ4n) is 2.52. The highest BCUT2D eigenvalue weighted by atomic mass is 16.5. The third kappa shape index (κ3) is 2.90. The van der Waals surface area contributed by atoms with E-state index >= 15 is 0 Å². The van der Waals surface area contributed by atoms with Crippen LogP contribution >= 0.6 is 0 Å². The summed E-state index contributed by atoms with van der Waals surface area (Å²) in [7, 11) is 4.78. The lowest BCUT2D eigenvalue weighted by molar-refractivity contribution is 0.324. The summed E-state index contributed by atoms with van der Waals surface area (Å²) in [5.41, 5.74) is 3.38. The number of rotatable bonds is 6. The lowest BCUT2D eigenvalue weighted by atomic mass is 10.1. The van der Waals surface area contributed by atoms with Gasteiger partial charge in [0.05, 0.1) is 32.7 Å². The number of methoxy groups -OCH3 is 3. The Hall–Kier alpha value is -3.03. The van der Waals surface area contributed by atoms with Crippen LogP contribution in [0.2, 0.25) is 0 Å². The zero-order valence-corrected chi connectivity index (χ0v) is 14.0. The van der Waals surface area contributed by atoms with Gasteiger partial charge in [-0.15, -0.1) is 10.2 Å². The van der Waals surface area contributed by atoms with Gasteiger partial charge >= 0.3 is 0 Å². The summed E-state index contributed by atoms with van der Waals surface area (Å²) >= 11 is 0. The highest BCUT2D eigenvalue weighted by Gasteiger charge is 2.13. The van der Waals surface area contributed by atoms with E-state index in [2.05, 4.69) is 20.6 Å². The van der Waals surface area contributed by atoms with Crippen LogP contribution < -0.4 is 19.5 Å². The molecule has 0 aliphatic carbocycles. The van der Waals surface area contributed by atoms with Crippen molar-refractivity contribution in [3.63, 3.8) is 0 Å². The van der Waals surface area contributed by atoms with Crippen LogP contribution in [0.5, 0.6) is 17.2 Å². The maximum absolute atomic E-state index is 5.38. The maximum atomic E-state index is 5.38. The molecule has 0 amide bonds. The number of aryl methyl sites for hydroxylation is 1. The summed E-state index contributed by atoms with van der Waals surface area (Å²) in [6.07, 6.45) is 1.58. The molecule has 0 unspecified atom stereocenters. The quantitative estimate of drug-likeness (QED) is 0.741. The van der Waals surface area contributed by atoms with Crippen molar-refractivity contribution in [2.24, 2.45) is 0 Å². The fraction of sp³-hybridized carbons (Fsp3) is 0.312. The molecular weight excluding hydrogens is 310 g/mol. The number of hydrogen-bond acceptors (Lipinski definition) is 7. The van der Waals surface area contributed by atoms with Crippen molar-refractivity contribution in [2.75, 3.05) is 26.6 Å². The normalized spacial score (nSPS) is 10.7. The molecule has 3 rings (SSSR count). The van der Waals surface area contributed by atoms with E-state index in [1.807, 2.05) is 25.1 Å². The minimum absolute atomic E-state index is 0.558. The van der Waals surface area contributed by atoms with Crippen molar-refractivity contribution in [2.45, 2.75) is 13.5 Å². The molecular formula is C16H19N5O3. The SMILES string of the molecule is COc1cc(CNc2cc(C)nn3cnnc23)cc(OC)c1OC. The molecule has 1 aromatic carbocycles. The Bertz CT molecular complexity index is 837. The Morgan fingerprint density at radius 2 is 1.75 bits per heavy atom. The number of hydrogen-bond donors (Lipinski definition) is 1. The second kappa shape index (κ2) is 6.61. The smallest absolute Gasteiger partial charge is 0.203 e. The van der Waals surface area contributed by atoms with E-state index in [0.717, 1.165) is 16.9 Å². The number of ether oxygens (including phenoxy) is 3. The third-order valence-corrected chi connectivity index (χ3v) is 3.60. The molecule has 8 heteroatoms. The Morgan fingerprint density at radius 3 is 2.38 bits per heavy atom. The summed E-state index contributed by atoms with van der Waals surface area (Å²) in [4.78, 5) is 0. The van der Waals surface area contributed by atoms with E-state index in [1.165, 1.54) is 0 Å². The first kappa shape index (κ1) is 15.9. The summed E-state index contributed by atoms with van der Waals surface area (Å²) in [5, 5.41) is 15.7. The van der Waals surface area contributed by atoms with Crippen LogP contribution in [0.3, 0.4) is 0 Å². The summed E-state index contributed by atoms with van der Waals surface area (Å²) in [5.74, 6) is 1.81. The molecule has 3 aromatic rings. The lowest BCUT2D eigenvalue weighted by Crippen LogP contribution is -2.05. The molecule has 2 heterocycles. The van der Waals surface area contributed by atoms with Gasteiger partial charge in [0.2, 0.25) is 11.4 Å². The molecule has 0 radical (unpaired) electrons. The van der Waals surface area contributed by atoms with Crippen molar-refractivity contribution in [1.29, 1.82) is 0 Å². The third-order valence-electron chi connectivity index (χ3n) is 3.60. The van der Waals surface area contributed by atoms with Gasteiger partial charge in [-0.05, 0) is 30.7 Å². The minimum Gasteiger partial charge on any atom is -0.493 e. The fourth-order valence-corrected chi connectivity index (χ4v) is 2.52. The molecule has 1 N–H and O–H groups in total. The zero-order valence-electron chi connectivity index (χ0n) is 14.0. The molecule has 24 heavy (non-hydrogen) atoms. The van der Waals surface area contributed by atoms with Gasteiger partial charge < -0.3 is 19.5 Å². The molecule has 2 aromatic heterocycles. The van der Waals surface area contributed by atoms with Gasteiger partial charge in [-0.3, -0.25) is 0 Å². The second-order valence-corrected chi connectivity index (χ2v) is 5.19.